The Morgan fingerprint density at radius 1 is 0.758 bits per heavy atom. The Morgan fingerprint density at radius 3 is 2.03 bits per heavy atom. The summed E-state index contributed by atoms with van der Waals surface area (Å²) in [5.74, 6) is -0.190. The second kappa shape index (κ2) is 10.7. The third kappa shape index (κ3) is 5.94. The van der Waals surface area contributed by atoms with Crippen LogP contribution in [0.25, 0.3) is 11.1 Å². The smallest absolute Gasteiger partial charge is 0.262 e. The Hall–Kier alpha value is -3.74. The van der Waals surface area contributed by atoms with Crippen molar-refractivity contribution in [2.75, 3.05) is 4.31 Å². The molecule has 5 nitrogen and oxygen atoms in total. The lowest BCUT2D eigenvalue weighted by Crippen LogP contribution is -2.25. The van der Waals surface area contributed by atoms with Gasteiger partial charge in [0.25, 0.3) is 17.2 Å². The van der Waals surface area contributed by atoms with Crippen LogP contribution in [0.1, 0.15) is 21.5 Å². The first kappa shape index (κ1) is 22.5. The van der Waals surface area contributed by atoms with Gasteiger partial charge in [-0.05, 0) is 46.5 Å². The summed E-state index contributed by atoms with van der Waals surface area (Å²) in [6, 6.07) is 34.3. The van der Waals surface area contributed by atoms with Crippen LogP contribution < -0.4 is 9.62 Å². The van der Waals surface area contributed by atoms with Crippen molar-refractivity contribution in [2.45, 2.75) is 13.1 Å². The van der Waals surface area contributed by atoms with Crippen LogP contribution in [0.15, 0.2) is 109 Å². The first-order valence-electron chi connectivity index (χ1n) is 10.6. The first-order chi connectivity index (χ1) is 16.1. The fraction of sp³-hybridized carbons (Fsp3) is 0.0741. The van der Waals surface area contributed by atoms with Gasteiger partial charge in [0.1, 0.15) is 0 Å². The summed E-state index contributed by atoms with van der Waals surface area (Å²) in [5, 5.41) is 2.91. The van der Waals surface area contributed by atoms with E-state index in [1.54, 1.807) is 18.2 Å². The number of hydrogen-bond acceptors (Lipinski definition) is 2. The number of hydrogen-bond donors (Lipinski definition) is 2. The van der Waals surface area contributed by atoms with E-state index in [9.17, 15) is 13.6 Å². The molecule has 0 spiro atoms. The minimum absolute atomic E-state index is 0.188. The molecule has 4 aromatic rings. The quantitative estimate of drug-likeness (QED) is 0.348. The number of carbonyl (C=O) groups is 1. The molecule has 0 aliphatic carbocycles. The van der Waals surface area contributed by atoms with E-state index in [2.05, 4.69) is 5.32 Å². The molecular weight excluding hydrogens is 432 g/mol. The number of nitrogens with zero attached hydrogens (tertiary/aromatic N) is 1. The number of carbonyl (C=O) groups excluding carboxylic acids is 1. The van der Waals surface area contributed by atoms with Crippen molar-refractivity contribution in [3.05, 3.63) is 126 Å². The molecule has 0 aromatic heterocycles. The molecule has 4 rings (SSSR count). The maximum Gasteiger partial charge on any atom is 0.262 e. The minimum atomic E-state index is -2.22. The summed E-state index contributed by atoms with van der Waals surface area (Å²) in [6.07, 6.45) is 0. The molecule has 0 aliphatic rings. The van der Waals surface area contributed by atoms with Gasteiger partial charge in [-0.3, -0.25) is 13.7 Å². The van der Waals surface area contributed by atoms with Crippen molar-refractivity contribution in [3.8, 4) is 11.1 Å². The number of amides is 1. The number of benzene rings is 4. The van der Waals surface area contributed by atoms with Crippen LogP contribution in [-0.4, -0.2) is 14.7 Å². The predicted octanol–water partition coefficient (Wildman–Crippen LogP) is 5.43. The zero-order valence-corrected chi connectivity index (χ0v) is 18.7. The average molecular weight is 457 g/mol. The normalized spacial score (nSPS) is 11.5. The molecular formula is C27H24N2O3S. The van der Waals surface area contributed by atoms with Gasteiger partial charge < -0.3 is 5.32 Å². The van der Waals surface area contributed by atoms with E-state index in [0.29, 0.717) is 17.8 Å². The van der Waals surface area contributed by atoms with Gasteiger partial charge in [0.2, 0.25) is 0 Å². The Labute approximate surface area is 196 Å². The van der Waals surface area contributed by atoms with E-state index in [-0.39, 0.29) is 12.5 Å². The topological polar surface area (TPSA) is 69.6 Å². The lowest BCUT2D eigenvalue weighted by Gasteiger charge is -2.21. The monoisotopic (exact) mass is 456 g/mol. The maximum absolute atomic E-state index is 12.6. The van der Waals surface area contributed by atoms with Crippen LogP contribution in [0.2, 0.25) is 0 Å². The van der Waals surface area contributed by atoms with E-state index < -0.39 is 11.3 Å². The van der Waals surface area contributed by atoms with E-state index >= 15 is 0 Å². The highest BCUT2D eigenvalue weighted by Gasteiger charge is 2.15. The molecule has 0 radical (unpaired) electrons. The van der Waals surface area contributed by atoms with Crippen LogP contribution >= 0.6 is 0 Å². The second-order valence-electron chi connectivity index (χ2n) is 7.55. The van der Waals surface area contributed by atoms with Gasteiger partial charge in [0, 0.05) is 12.1 Å². The summed E-state index contributed by atoms with van der Waals surface area (Å²) >= 11 is -2.22. The molecule has 4 aromatic carbocycles. The van der Waals surface area contributed by atoms with Gasteiger partial charge in [0.15, 0.2) is 0 Å². The Morgan fingerprint density at radius 2 is 1.36 bits per heavy atom. The van der Waals surface area contributed by atoms with Crippen molar-refractivity contribution < 1.29 is 13.6 Å². The summed E-state index contributed by atoms with van der Waals surface area (Å²) < 4.78 is 23.4. The number of nitrogens with one attached hydrogen (secondary N) is 1. The van der Waals surface area contributed by atoms with Crippen molar-refractivity contribution in [1.29, 1.82) is 0 Å². The predicted molar refractivity (Wildman–Crippen MR) is 133 cm³/mol. The largest absolute Gasteiger partial charge is 0.348 e. The third-order valence-electron chi connectivity index (χ3n) is 5.26. The van der Waals surface area contributed by atoms with Crippen LogP contribution in [0.4, 0.5) is 5.69 Å². The molecule has 0 heterocycles. The number of anilines is 1. The zero-order chi connectivity index (χ0) is 23.0. The Balaban J connectivity index is 1.47. The van der Waals surface area contributed by atoms with Gasteiger partial charge in [0.05, 0.1) is 12.2 Å². The molecule has 0 saturated carbocycles. The highest BCUT2D eigenvalue weighted by molar-refractivity contribution is 7.80. The van der Waals surface area contributed by atoms with Gasteiger partial charge in [-0.1, -0.05) is 84.9 Å². The fourth-order valence-electron chi connectivity index (χ4n) is 3.54. The zero-order valence-electron chi connectivity index (χ0n) is 17.9. The molecule has 0 fully saturated rings. The van der Waals surface area contributed by atoms with E-state index in [0.717, 1.165) is 22.3 Å². The SMILES string of the molecule is O=C(NCc1ccccc1)c1cccc(CN(c2ccc(-c3ccccc3)cc2)S(=O)O)c1. The van der Waals surface area contributed by atoms with Crippen LogP contribution in [0, 0.1) is 0 Å². The fourth-order valence-corrected chi connectivity index (χ4v) is 4.11. The Kier molecular flexibility index (Phi) is 7.29. The van der Waals surface area contributed by atoms with Gasteiger partial charge in [-0.25, -0.2) is 4.21 Å². The molecule has 166 valence electrons. The van der Waals surface area contributed by atoms with Crippen LogP contribution in [-0.2, 0) is 24.4 Å². The standard InChI is InChI=1S/C27H24N2O3S/c30-27(28-19-21-8-3-1-4-9-21)25-13-7-10-22(18-25)20-29(33(31)32)26-16-14-24(15-17-26)23-11-5-2-6-12-23/h1-18H,19-20H2,(H,28,30)(H,31,32). The highest BCUT2D eigenvalue weighted by atomic mass is 32.2. The molecule has 33 heavy (non-hydrogen) atoms. The number of rotatable bonds is 8. The van der Waals surface area contributed by atoms with Crippen LogP contribution in [0.3, 0.4) is 0 Å². The van der Waals surface area contributed by atoms with Gasteiger partial charge in [-0.15, -0.1) is 0 Å². The third-order valence-corrected chi connectivity index (χ3v) is 5.98. The highest BCUT2D eigenvalue weighted by Crippen LogP contribution is 2.25. The van der Waals surface area contributed by atoms with Crippen molar-refractivity contribution in [3.63, 3.8) is 0 Å². The molecule has 0 bridgehead atoms. The second-order valence-corrected chi connectivity index (χ2v) is 8.45. The van der Waals surface area contributed by atoms with Gasteiger partial charge >= 0.3 is 0 Å². The lowest BCUT2D eigenvalue weighted by atomic mass is 10.1. The van der Waals surface area contributed by atoms with E-state index in [1.165, 1.54) is 4.31 Å². The molecule has 2 N–H and O–H groups in total. The Bertz CT molecular complexity index is 1230. The van der Waals surface area contributed by atoms with Crippen molar-refractivity contribution >= 4 is 22.9 Å². The summed E-state index contributed by atoms with van der Waals surface area (Å²) in [6.45, 7) is 0.623. The van der Waals surface area contributed by atoms with Gasteiger partial charge in [-0.2, -0.15) is 0 Å². The lowest BCUT2D eigenvalue weighted by molar-refractivity contribution is 0.0951. The summed E-state index contributed by atoms with van der Waals surface area (Å²) in [7, 11) is 0. The van der Waals surface area contributed by atoms with E-state index in [1.807, 2.05) is 91.0 Å². The van der Waals surface area contributed by atoms with Crippen molar-refractivity contribution in [1.82, 2.24) is 5.32 Å². The van der Waals surface area contributed by atoms with Crippen molar-refractivity contribution in [2.24, 2.45) is 0 Å². The molecule has 1 atom stereocenters. The first-order valence-corrected chi connectivity index (χ1v) is 11.6. The summed E-state index contributed by atoms with van der Waals surface area (Å²) in [4.78, 5) is 12.6. The molecule has 0 aliphatic heterocycles. The summed E-state index contributed by atoms with van der Waals surface area (Å²) in [5.41, 5.74) is 5.01. The molecule has 0 saturated heterocycles. The molecule has 1 unspecified atom stereocenters. The van der Waals surface area contributed by atoms with E-state index in [4.69, 9.17) is 0 Å². The molecule has 6 heteroatoms. The minimum Gasteiger partial charge on any atom is -0.348 e. The van der Waals surface area contributed by atoms with Crippen LogP contribution in [0.5, 0.6) is 0 Å². The maximum atomic E-state index is 12.6. The average Bonchev–Trinajstić information content (AvgIpc) is 2.87. The molecule has 1 amide bonds.